The zero-order valence-corrected chi connectivity index (χ0v) is 20.7. The van der Waals surface area contributed by atoms with Crippen LogP contribution >= 0.6 is 0 Å². The molecule has 0 amide bonds. The molecule has 0 bridgehead atoms. The smallest absolute Gasteiger partial charge is 0.215 e. The monoisotopic (exact) mass is 454 g/mol. The molecule has 0 aromatic heterocycles. The summed E-state index contributed by atoms with van der Waals surface area (Å²) in [6, 6.07) is -0.552. The van der Waals surface area contributed by atoms with Gasteiger partial charge in [0.1, 0.15) is 0 Å². The molecule has 34 heavy (non-hydrogen) atoms. The average Bonchev–Trinajstić information content (AvgIpc) is 2.81. The fraction of sp³-hybridized carbons (Fsp3) is 0.207. The first kappa shape index (κ1) is 26.4. The molecule has 2 aliphatic rings. The molecule has 0 heterocycles. The Balaban J connectivity index is 2.72. The second kappa shape index (κ2) is 12.4. The van der Waals surface area contributed by atoms with E-state index in [1.807, 2.05) is 88.5 Å². The lowest BCUT2D eigenvalue weighted by molar-refractivity contribution is -0.501. The first-order valence-electron chi connectivity index (χ1n) is 11.3. The van der Waals surface area contributed by atoms with Crippen molar-refractivity contribution >= 4 is 5.71 Å². The van der Waals surface area contributed by atoms with Crippen LogP contribution in [0.5, 0.6) is 0 Å². The number of rotatable bonds is 8. The van der Waals surface area contributed by atoms with E-state index in [4.69, 9.17) is 11.5 Å². The van der Waals surface area contributed by atoms with E-state index in [0.29, 0.717) is 5.70 Å². The van der Waals surface area contributed by atoms with Gasteiger partial charge in [0.2, 0.25) is 11.4 Å². The highest BCUT2D eigenvalue weighted by atomic mass is 15.1. The van der Waals surface area contributed by atoms with Gasteiger partial charge in [0.25, 0.3) is 0 Å². The minimum absolute atomic E-state index is 0.257. The lowest BCUT2D eigenvalue weighted by Crippen LogP contribution is -2.44. The molecular formula is C29H36N5+. The molecule has 0 aromatic carbocycles. The molecule has 2 unspecified atom stereocenters. The Morgan fingerprint density at radius 3 is 2.44 bits per heavy atom. The predicted octanol–water partition coefficient (Wildman–Crippen LogP) is 6.08. The minimum atomic E-state index is -0.295. The Morgan fingerprint density at radius 2 is 1.82 bits per heavy atom. The van der Waals surface area contributed by atoms with Gasteiger partial charge in [-0.15, -0.1) is 0 Å². The summed E-state index contributed by atoms with van der Waals surface area (Å²) in [5.41, 5.74) is 19.7. The molecule has 0 saturated carbocycles. The number of hydrogen-bond acceptors (Lipinski definition) is 4. The van der Waals surface area contributed by atoms with Gasteiger partial charge in [-0.2, -0.15) is 14.8 Å². The molecule has 0 fully saturated rings. The largest absolute Gasteiger partial charge is 0.398 e. The van der Waals surface area contributed by atoms with Crippen LogP contribution in [0.4, 0.5) is 0 Å². The maximum absolute atomic E-state index is 6.66. The fourth-order valence-corrected chi connectivity index (χ4v) is 3.61. The van der Waals surface area contributed by atoms with Gasteiger partial charge in [-0.1, -0.05) is 56.2 Å². The number of nitrogens with zero attached hydrogens (tertiary/aromatic N) is 3. The van der Waals surface area contributed by atoms with Crippen molar-refractivity contribution < 1.29 is 4.58 Å². The highest BCUT2D eigenvalue weighted by Gasteiger charge is 2.35. The molecule has 5 heteroatoms. The van der Waals surface area contributed by atoms with Crippen molar-refractivity contribution in [3.05, 3.63) is 132 Å². The standard InChI is InChI=1S/C29H35N5/c1-8-12-14-23(10-3)32-33-27-19-29(26(31)17-21(27)6)34(24(11-4)15-13-9-2)28-18-25(30)20(5)16-22(28)7/h8-19,26,29-30H,1,4,7,31H2,2-3,5-6H3/p+1/b13-9-,14-12-,23-10+,24-15+,33-32-. The van der Waals surface area contributed by atoms with Gasteiger partial charge >= 0.3 is 0 Å². The van der Waals surface area contributed by atoms with E-state index < -0.39 is 0 Å². The lowest BCUT2D eigenvalue weighted by atomic mass is 9.93. The third kappa shape index (κ3) is 6.36. The second-order valence-electron chi connectivity index (χ2n) is 8.01. The molecule has 4 N–H and O–H groups in total. The second-order valence-corrected chi connectivity index (χ2v) is 8.01. The maximum atomic E-state index is 6.66. The summed E-state index contributed by atoms with van der Waals surface area (Å²) in [7, 11) is 0. The number of nitrogens with two attached hydrogens (primary N) is 2. The van der Waals surface area contributed by atoms with Crippen LogP contribution in [0.1, 0.15) is 27.7 Å². The van der Waals surface area contributed by atoms with E-state index in [1.165, 1.54) is 0 Å². The van der Waals surface area contributed by atoms with Crippen LogP contribution in [0.3, 0.4) is 0 Å². The van der Waals surface area contributed by atoms with Crippen molar-refractivity contribution in [1.82, 2.24) is 0 Å². The van der Waals surface area contributed by atoms with E-state index in [2.05, 4.69) is 34.5 Å². The molecule has 176 valence electrons. The molecule has 0 spiro atoms. The number of azo groups is 1. The molecule has 2 aliphatic carbocycles. The van der Waals surface area contributed by atoms with Crippen molar-refractivity contribution in [3.63, 3.8) is 0 Å². The summed E-state index contributed by atoms with van der Waals surface area (Å²) in [5, 5.41) is 8.94. The van der Waals surface area contributed by atoms with Gasteiger partial charge in [-0.3, -0.25) is 0 Å². The zero-order valence-electron chi connectivity index (χ0n) is 20.7. The van der Waals surface area contributed by atoms with E-state index in [-0.39, 0.29) is 12.1 Å². The van der Waals surface area contributed by atoms with Crippen molar-refractivity contribution in [2.75, 3.05) is 0 Å². The molecule has 2 atom stereocenters. The Labute approximate surface area is 204 Å². The van der Waals surface area contributed by atoms with Gasteiger partial charge in [-0.05, 0) is 51.0 Å². The van der Waals surface area contributed by atoms with Crippen LogP contribution in [-0.2, 0) is 0 Å². The SMILES string of the molecule is C=C\C=C/C(=C\C)/N=N\C1=CC([N+](/C(C=C)=C/C=C\C)=C2/C=C(N)C(C)=CC2=C)C(N)C=C1C. The first-order valence-corrected chi connectivity index (χ1v) is 11.3. The third-order valence-electron chi connectivity index (χ3n) is 5.51. The highest BCUT2D eigenvalue weighted by Crippen LogP contribution is 2.26. The normalized spacial score (nSPS) is 23.7. The zero-order chi connectivity index (χ0) is 25.3. The summed E-state index contributed by atoms with van der Waals surface area (Å²) < 4.78 is 2.11. The molecule has 2 rings (SSSR count). The van der Waals surface area contributed by atoms with Crippen molar-refractivity contribution in [2.45, 2.75) is 39.8 Å². The fourth-order valence-electron chi connectivity index (χ4n) is 3.61. The van der Waals surface area contributed by atoms with Crippen LogP contribution in [0, 0.1) is 0 Å². The van der Waals surface area contributed by atoms with Gasteiger partial charge in [0.05, 0.1) is 17.4 Å². The van der Waals surface area contributed by atoms with E-state index in [0.717, 1.165) is 39.5 Å². The molecular weight excluding hydrogens is 418 g/mol. The Hall–Kier alpha value is -3.83. The third-order valence-corrected chi connectivity index (χ3v) is 5.51. The summed E-state index contributed by atoms with van der Waals surface area (Å²) >= 11 is 0. The Bertz CT molecular complexity index is 1160. The quantitative estimate of drug-likeness (QED) is 0.265. The van der Waals surface area contributed by atoms with Crippen LogP contribution in [0.25, 0.3) is 0 Å². The van der Waals surface area contributed by atoms with Gasteiger partial charge in [0.15, 0.2) is 6.04 Å². The first-order chi connectivity index (χ1) is 16.3. The van der Waals surface area contributed by atoms with Crippen LogP contribution in [-0.4, -0.2) is 22.4 Å². The van der Waals surface area contributed by atoms with Gasteiger partial charge < -0.3 is 11.5 Å². The molecule has 0 aromatic rings. The van der Waals surface area contributed by atoms with E-state index in [9.17, 15) is 0 Å². The Morgan fingerprint density at radius 1 is 1.09 bits per heavy atom. The molecule has 0 saturated heterocycles. The van der Waals surface area contributed by atoms with Crippen LogP contribution in [0.15, 0.2) is 142 Å². The van der Waals surface area contributed by atoms with Gasteiger partial charge in [0, 0.05) is 35.6 Å². The highest BCUT2D eigenvalue weighted by molar-refractivity contribution is 6.09. The van der Waals surface area contributed by atoms with Crippen molar-refractivity contribution in [3.8, 4) is 0 Å². The van der Waals surface area contributed by atoms with Crippen molar-refractivity contribution in [1.29, 1.82) is 0 Å². The van der Waals surface area contributed by atoms with Crippen LogP contribution < -0.4 is 11.5 Å². The summed E-state index contributed by atoms with van der Waals surface area (Å²) in [6.07, 6.45) is 23.0. The topological polar surface area (TPSA) is 79.8 Å². The van der Waals surface area contributed by atoms with E-state index in [1.54, 1.807) is 12.2 Å². The summed E-state index contributed by atoms with van der Waals surface area (Å²) in [5.74, 6) is 0. The average molecular weight is 455 g/mol. The number of hydrogen-bond donors (Lipinski definition) is 2. The minimum Gasteiger partial charge on any atom is -0.398 e. The maximum Gasteiger partial charge on any atom is 0.215 e. The molecule has 5 nitrogen and oxygen atoms in total. The summed E-state index contributed by atoms with van der Waals surface area (Å²) in [4.78, 5) is 0. The molecule has 0 aliphatic heterocycles. The number of allylic oxidation sites excluding steroid dienone is 13. The predicted molar refractivity (Wildman–Crippen MR) is 145 cm³/mol. The van der Waals surface area contributed by atoms with Crippen LogP contribution in [0.2, 0.25) is 0 Å². The van der Waals surface area contributed by atoms with Gasteiger partial charge in [-0.25, -0.2) is 0 Å². The van der Waals surface area contributed by atoms with E-state index >= 15 is 0 Å². The van der Waals surface area contributed by atoms with Crippen molar-refractivity contribution in [2.24, 2.45) is 21.7 Å². The lowest BCUT2D eigenvalue weighted by Gasteiger charge is -2.25. The summed E-state index contributed by atoms with van der Waals surface area (Å²) in [6.45, 7) is 19.9. The molecule has 0 radical (unpaired) electrons. The Kier molecular flexibility index (Phi) is 9.65.